The molecule has 0 aliphatic rings. The minimum atomic E-state index is -5.19. The van der Waals surface area contributed by atoms with E-state index in [0.717, 1.165) is 6.07 Å². The zero-order valence-electron chi connectivity index (χ0n) is 9.61. The molecule has 0 saturated heterocycles. The standard InChI is InChI=1S/C11H7BrF6O2/c12-5-4-7(19)9-6(10(13,14)15)2-1-3-8(9)20-11(16,17)18/h1-3H,4-5H2. The summed E-state index contributed by atoms with van der Waals surface area (Å²) in [5.74, 6) is -2.24. The van der Waals surface area contributed by atoms with E-state index in [0.29, 0.717) is 12.1 Å². The Hall–Kier alpha value is -1.25. The van der Waals surface area contributed by atoms with Crippen LogP contribution in [0.2, 0.25) is 0 Å². The summed E-state index contributed by atoms with van der Waals surface area (Å²) in [4.78, 5) is 11.6. The number of halogens is 7. The average Bonchev–Trinajstić information content (AvgIpc) is 2.25. The summed E-state index contributed by atoms with van der Waals surface area (Å²) in [6.45, 7) is 0. The second kappa shape index (κ2) is 6.02. The van der Waals surface area contributed by atoms with E-state index >= 15 is 0 Å². The summed E-state index contributed by atoms with van der Waals surface area (Å²) >= 11 is 2.84. The predicted molar refractivity (Wildman–Crippen MR) is 60.9 cm³/mol. The van der Waals surface area contributed by atoms with E-state index in [1.54, 1.807) is 0 Å². The number of carbonyl (C=O) groups excluding carboxylic acids is 1. The van der Waals surface area contributed by atoms with E-state index in [1.165, 1.54) is 0 Å². The number of ether oxygens (including phenoxy) is 1. The molecule has 0 fully saturated rings. The number of benzene rings is 1. The molecule has 112 valence electrons. The van der Waals surface area contributed by atoms with Crippen LogP contribution in [-0.2, 0) is 6.18 Å². The second-order valence-electron chi connectivity index (χ2n) is 3.59. The molecule has 0 amide bonds. The van der Waals surface area contributed by atoms with E-state index in [2.05, 4.69) is 20.7 Å². The van der Waals surface area contributed by atoms with Crippen molar-refractivity contribution in [3.63, 3.8) is 0 Å². The maximum atomic E-state index is 12.8. The Morgan fingerprint density at radius 2 is 1.75 bits per heavy atom. The number of carbonyl (C=O) groups is 1. The van der Waals surface area contributed by atoms with Gasteiger partial charge in [-0.05, 0) is 12.1 Å². The number of ketones is 1. The normalized spacial score (nSPS) is 12.3. The highest BCUT2D eigenvalue weighted by Gasteiger charge is 2.39. The Labute approximate surface area is 117 Å². The van der Waals surface area contributed by atoms with Gasteiger partial charge in [0, 0.05) is 11.8 Å². The molecule has 0 atom stereocenters. The van der Waals surface area contributed by atoms with Gasteiger partial charge in [-0.25, -0.2) is 0 Å². The third-order valence-electron chi connectivity index (χ3n) is 2.16. The third-order valence-corrected chi connectivity index (χ3v) is 2.55. The van der Waals surface area contributed by atoms with Gasteiger partial charge in [0.05, 0.1) is 11.1 Å². The van der Waals surface area contributed by atoms with Crippen LogP contribution in [-0.4, -0.2) is 17.5 Å². The van der Waals surface area contributed by atoms with Crippen molar-refractivity contribution < 1.29 is 35.9 Å². The Morgan fingerprint density at radius 3 is 2.20 bits per heavy atom. The van der Waals surface area contributed by atoms with Gasteiger partial charge in [-0.2, -0.15) is 13.2 Å². The summed E-state index contributed by atoms with van der Waals surface area (Å²) in [6, 6.07) is 1.95. The number of Topliss-reactive ketones (excluding diaryl/α,β-unsaturated/α-hetero) is 1. The molecular weight excluding hydrogens is 358 g/mol. The first-order valence-electron chi connectivity index (χ1n) is 5.11. The summed E-state index contributed by atoms with van der Waals surface area (Å²) in [7, 11) is 0. The summed E-state index contributed by atoms with van der Waals surface area (Å²) in [5, 5.41) is 0.0173. The van der Waals surface area contributed by atoms with Crippen LogP contribution in [0.15, 0.2) is 18.2 Å². The quantitative estimate of drug-likeness (QED) is 0.444. The lowest BCUT2D eigenvalue weighted by Crippen LogP contribution is -2.21. The van der Waals surface area contributed by atoms with Crippen molar-refractivity contribution in [2.45, 2.75) is 19.0 Å². The topological polar surface area (TPSA) is 26.3 Å². The minimum Gasteiger partial charge on any atom is -0.405 e. The van der Waals surface area contributed by atoms with E-state index in [-0.39, 0.29) is 11.8 Å². The highest BCUT2D eigenvalue weighted by molar-refractivity contribution is 9.09. The van der Waals surface area contributed by atoms with E-state index < -0.39 is 35.2 Å². The highest BCUT2D eigenvalue weighted by Crippen LogP contribution is 2.38. The van der Waals surface area contributed by atoms with Gasteiger partial charge in [-0.15, -0.1) is 13.2 Å². The Morgan fingerprint density at radius 1 is 1.15 bits per heavy atom. The van der Waals surface area contributed by atoms with E-state index in [9.17, 15) is 31.1 Å². The van der Waals surface area contributed by atoms with Crippen LogP contribution in [0.4, 0.5) is 26.3 Å². The molecule has 2 nitrogen and oxygen atoms in total. The van der Waals surface area contributed by atoms with Crippen molar-refractivity contribution in [3.05, 3.63) is 29.3 Å². The Kier molecular flexibility index (Phi) is 5.06. The van der Waals surface area contributed by atoms with Gasteiger partial charge < -0.3 is 4.74 Å². The van der Waals surface area contributed by atoms with Crippen LogP contribution in [0.25, 0.3) is 0 Å². The lowest BCUT2D eigenvalue weighted by Gasteiger charge is -2.17. The lowest BCUT2D eigenvalue weighted by atomic mass is 10.0. The van der Waals surface area contributed by atoms with Crippen LogP contribution in [0, 0.1) is 0 Å². The summed E-state index contributed by atoms with van der Waals surface area (Å²) < 4.78 is 78.3. The van der Waals surface area contributed by atoms with Crippen LogP contribution < -0.4 is 4.74 Å². The van der Waals surface area contributed by atoms with Crippen molar-refractivity contribution in [2.24, 2.45) is 0 Å². The largest absolute Gasteiger partial charge is 0.573 e. The van der Waals surface area contributed by atoms with Gasteiger partial charge in [0.25, 0.3) is 0 Å². The monoisotopic (exact) mass is 364 g/mol. The maximum Gasteiger partial charge on any atom is 0.573 e. The first kappa shape index (κ1) is 16.8. The summed E-state index contributed by atoms with van der Waals surface area (Å²) in [6.07, 6.45) is -10.5. The number of hydrogen-bond donors (Lipinski definition) is 0. The maximum absolute atomic E-state index is 12.8. The van der Waals surface area contributed by atoms with Gasteiger partial charge in [0.2, 0.25) is 0 Å². The van der Waals surface area contributed by atoms with Gasteiger partial charge >= 0.3 is 12.5 Å². The zero-order chi connectivity index (χ0) is 15.6. The fourth-order valence-corrected chi connectivity index (χ4v) is 1.84. The number of rotatable bonds is 4. The molecule has 0 saturated carbocycles. The Balaban J connectivity index is 3.41. The molecule has 0 heterocycles. The number of alkyl halides is 7. The molecule has 0 spiro atoms. The molecule has 1 rings (SSSR count). The molecule has 0 aliphatic carbocycles. The minimum absolute atomic E-state index is 0.0173. The SMILES string of the molecule is O=C(CCBr)c1c(OC(F)(F)F)cccc1C(F)(F)F. The van der Waals surface area contributed by atoms with Crippen LogP contribution in [0.5, 0.6) is 5.75 Å². The molecular formula is C11H7BrF6O2. The van der Waals surface area contributed by atoms with Crippen molar-refractivity contribution in [1.82, 2.24) is 0 Å². The van der Waals surface area contributed by atoms with E-state index in [4.69, 9.17) is 0 Å². The smallest absolute Gasteiger partial charge is 0.405 e. The first-order chi connectivity index (χ1) is 9.06. The van der Waals surface area contributed by atoms with Crippen LogP contribution >= 0.6 is 15.9 Å². The molecule has 1 aromatic rings. The zero-order valence-corrected chi connectivity index (χ0v) is 11.2. The van der Waals surface area contributed by atoms with Crippen LogP contribution in [0.3, 0.4) is 0 Å². The molecule has 20 heavy (non-hydrogen) atoms. The molecule has 1 aromatic carbocycles. The fourth-order valence-electron chi connectivity index (χ4n) is 1.48. The molecule has 9 heteroatoms. The first-order valence-corrected chi connectivity index (χ1v) is 6.23. The van der Waals surface area contributed by atoms with Crippen molar-refractivity contribution >= 4 is 21.7 Å². The highest BCUT2D eigenvalue weighted by atomic mass is 79.9. The Bertz CT molecular complexity index is 495. The van der Waals surface area contributed by atoms with Crippen molar-refractivity contribution in [2.75, 3.05) is 5.33 Å². The molecule has 0 aromatic heterocycles. The molecule has 0 unspecified atom stereocenters. The van der Waals surface area contributed by atoms with Crippen molar-refractivity contribution in [3.8, 4) is 5.75 Å². The van der Waals surface area contributed by atoms with Crippen molar-refractivity contribution in [1.29, 1.82) is 0 Å². The molecule has 0 N–H and O–H groups in total. The third kappa shape index (κ3) is 4.39. The van der Waals surface area contributed by atoms with E-state index in [1.807, 2.05) is 0 Å². The average molecular weight is 365 g/mol. The molecule has 0 aliphatic heterocycles. The van der Waals surface area contributed by atoms with Gasteiger partial charge in [-0.1, -0.05) is 22.0 Å². The lowest BCUT2D eigenvalue weighted by molar-refractivity contribution is -0.274. The number of hydrogen-bond acceptors (Lipinski definition) is 2. The summed E-state index contributed by atoms with van der Waals surface area (Å²) in [5.41, 5.74) is -2.57. The molecule has 0 bridgehead atoms. The van der Waals surface area contributed by atoms with Gasteiger partial charge in [-0.3, -0.25) is 4.79 Å². The van der Waals surface area contributed by atoms with Crippen LogP contribution in [0.1, 0.15) is 22.3 Å². The van der Waals surface area contributed by atoms with Gasteiger partial charge in [0.1, 0.15) is 5.75 Å². The van der Waals surface area contributed by atoms with Gasteiger partial charge in [0.15, 0.2) is 5.78 Å². The fraction of sp³-hybridized carbons (Fsp3) is 0.364. The predicted octanol–water partition coefficient (Wildman–Crippen LogP) is 4.57. The second-order valence-corrected chi connectivity index (χ2v) is 4.38. The molecule has 0 radical (unpaired) electrons.